The number of hydrogen-bond acceptors (Lipinski definition) is 1. The molecule has 0 radical (unpaired) electrons. The molecule has 1 rings (SSSR count). The van der Waals surface area contributed by atoms with Crippen LogP contribution in [0.15, 0.2) is 0 Å². The fourth-order valence-corrected chi connectivity index (χ4v) is 1.49. The normalized spacial score (nSPS) is 37.7. The average Bonchev–Trinajstić information content (AvgIpc) is 2.10. The van der Waals surface area contributed by atoms with Gasteiger partial charge in [-0.05, 0) is 19.9 Å². The minimum atomic E-state index is -0.569. The van der Waals surface area contributed by atoms with Crippen LogP contribution in [0.25, 0.3) is 0 Å². The van der Waals surface area contributed by atoms with E-state index in [9.17, 15) is 4.39 Å². The van der Waals surface area contributed by atoms with Gasteiger partial charge in [0, 0.05) is 12.6 Å². The molecular weight excluding hydrogens is 117 g/mol. The lowest BCUT2D eigenvalue weighted by Gasteiger charge is -2.15. The van der Waals surface area contributed by atoms with Crippen LogP contribution in [0.1, 0.15) is 19.8 Å². The molecule has 0 aromatic heterocycles. The van der Waals surface area contributed by atoms with Crippen molar-refractivity contribution in [1.82, 2.24) is 4.90 Å². The van der Waals surface area contributed by atoms with Crippen LogP contribution >= 0.6 is 0 Å². The Hall–Kier alpha value is -0.110. The lowest BCUT2D eigenvalue weighted by atomic mass is 10.2. The first-order valence-corrected chi connectivity index (χ1v) is 3.58. The van der Waals surface area contributed by atoms with Crippen molar-refractivity contribution in [3.63, 3.8) is 0 Å². The van der Waals surface area contributed by atoms with E-state index in [2.05, 4.69) is 11.8 Å². The van der Waals surface area contributed by atoms with E-state index in [0.29, 0.717) is 12.6 Å². The van der Waals surface area contributed by atoms with Gasteiger partial charge in [-0.15, -0.1) is 0 Å². The number of likely N-dealkylation sites (tertiary alicyclic amines) is 1. The quantitative estimate of drug-likeness (QED) is 0.520. The van der Waals surface area contributed by atoms with Crippen LogP contribution in [0.4, 0.5) is 4.39 Å². The first-order chi connectivity index (χ1) is 4.24. The molecular formula is C7H14FN. The van der Waals surface area contributed by atoms with E-state index in [1.165, 1.54) is 0 Å². The van der Waals surface area contributed by atoms with Gasteiger partial charge >= 0.3 is 0 Å². The van der Waals surface area contributed by atoms with Crippen LogP contribution in [0.5, 0.6) is 0 Å². The highest BCUT2D eigenvalue weighted by atomic mass is 19.1. The Balaban J connectivity index is 2.38. The van der Waals surface area contributed by atoms with Crippen LogP contribution in [0, 0.1) is 0 Å². The fraction of sp³-hybridized carbons (Fsp3) is 1.00. The number of nitrogens with zero attached hydrogens (tertiary/aromatic N) is 1. The lowest BCUT2D eigenvalue weighted by molar-refractivity contribution is 0.290. The predicted octanol–water partition coefficient (Wildman–Crippen LogP) is 1.44. The summed E-state index contributed by atoms with van der Waals surface area (Å²) >= 11 is 0. The molecule has 1 fully saturated rings. The zero-order chi connectivity index (χ0) is 6.85. The van der Waals surface area contributed by atoms with Crippen molar-refractivity contribution in [3.05, 3.63) is 0 Å². The number of rotatable bonds is 1. The standard InChI is InChI=1S/C7H14FN/c1-3-7-4-6(8)5-9(7)2/h6-7H,3-5H2,1-2H3/t6-,7+/m0/s1. The summed E-state index contributed by atoms with van der Waals surface area (Å²) in [5, 5.41) is 0. The van der Waals surface area contributed by atoms with Gasteiger partial charge in [-0.3, -0.25) is 0 Å². The molecule has 1 saturated heterocycles. The Kier molecular flexibility index (Phi) is 2.06. The first kappa shape index (κ1) is 7.00. The topological polar surface area (TPSA) is 3.24 Å². The Labute approximate surface area is 55.8 Å². The molecule has 1 heterocycles. The van der Waals surface area contributed by atoms with Crippen LogP contribution in [0.2, 0.25) is 0 Å². The van der Waals surface area contributed by atoms with Crippen molar-refractivity contribution < 1.29 is 4.39 Å². The molecule has 2 heteroatoms. The minimum Gasteiger partial charge on any atom is -0.300 e. The van der Waals surface area contributed by atoms with Gasteiger partial charge < -0.3 is 4.90 Å². The molecule has 0 amide bonds. The maximum absolute atomic E-state index is 12.6. The molecule has 1 nitrogen and oxygen atoms in total. The van der Waals surface area contributed by atoms with Gasteiger partial charge in [0.15, 0.2) is 0 Å². The van der Waals surface area contributed by atoms with E-state index in [1.807, 2.05) is 7.05 Å². The molecule has 0 aromatic rings. The Morgan fingerprint density at radius 2 is 2.33 bits per heavy atom. The zero-order valence-electron chi connectivity index (χ0n) is 6.10. The maximum atomic E-state index is 12.6. The fourth-order valence-electron chi connectivity index (χ4n) is 1.49. The predicted molar refractivity (Wildman–Crippen MR) is 36.2 cm³/mol. The molecule has 0 aliphatic carbocycles. The smallest absolute Gasteiger partial charge is 0.114 e. The van der Waals surface area contributed by atoms with Crippen LogP contribution in [0.3, 0.4) is 0 Å². The van der Waals surface area contributed by atoms with Crippen LogP contribution < -0.4 is 0 Å². The summed E-state index contributed by atoms with van der Waals surface area (Å²) in [5.74, 6) is 0. The van der Waals surface area contributed by atoms with E-state index in [4.69, 9.17) is 0 Å². The summed E-state index contributed by atoms with van der Waals surface area (Å²) in [6.07, 6.45) is 1.25. The summed E-state index contributed by atoms with van der Waals surface area (Å²) in [4.78, 5) is 2.10. The summed E-state index contributed by atoms with van der Waals surface area (Å²) in [6.45, 7) is 2.75. The SMILES string of the molecule is CC[C@@H]1C[C@H](F)CN1C. The highest BCUT2D eigenvalue weighted by Gasteiger charge is 2.27. The van der Waals surface area contributed by atoms with Crippen molar-refractivity contribution in [1.29, 1.82) is 0 Å². The van der Waals surface area contributed by atoms with Gasteiger partial charge in [0.05, 0.1) is 0 Å². The van der Waals surface area contributed by atoms with Crippen molar-refractivity contribution in [2.24, 2.45) is 0 Å². The van der Waals surface area contributed by atoms with E-state index in [-0.39, 0.29) is 0 Å². The lowest BCUT2D eigenvalue weighted by Crippen LogP contribution is -2.23. The third kappa shape index (κ3) is 1.42. The number of hydrogen-bond donors (Lipinski definition) is 0. The van der Waals surface area contributed by atoms with Gasteiger partial charge in [-0.2, -0.15) is 0 Å². The molecule has 0 spiro atoms. The Bertz CT molecular complexity index is 94.9. The monoisotopic (exact) mass is 131 g/mol. The second-order valence-corrected chi connectivity index (χ2v) is 2.83. The van der Waals surface area contributed by atoms with E-state index in [1.54, 1.807) is 0 Å². The molecule has 1 aliphatic rings. The van der Waals surface area contributed by atoms with E-state index >= 15 is 0 Å². The average molecular weight is 131 g/mol. The largest absolute Gasteiger partial charge is 0.300 e. The Morgan fingerprint density at radius 3 is 2.56 bits per heavy atom. The zero-order valence-corrected chi connectivity index (χ0v) is 6.10. The van der Waals surface area contributed by atoms with Crippen molar-refractivity contribution >= 4 is 0 Å². The van der Waals surface area contributed by atoms with Gasteiger partial charge in [0.1, 0.15) is 6.17 Å². The maximum Gasteiger partial charge on any atom is 0.114 e. The highest BCUT2D eigenvalue weighted by Crippen LogP contribution is 2.19. The molecule has 0 aromatic carbocycles. The van der Waals surface area contributed by atoms with Gasteiger partial charge in [0.2, 0.25) is 0 Å². The number of halogens is 1. The molecule has 2 atom stereocenters. The molecule has 0 saturated carbocycles. The third-order valence-electron chi connectivity index (χ3n) is 2.11. The van der Waals surface area contributed by atoms with E-state index in [0.717, 1.165) is 12.8 Å². The van der Waals surface area contributed by atoms with Crippen molar-refractivity contribution in [2.75, 3.05) is 13.6 Å². The highest BCUT2D eigenvalue weighted by molar-refractivity contribution is 4.81. The molecule has 0 bridgehead atoms. The van der Waals surface area contributed by atoms with Gasteiger partial charge in [-0.25, -0.2) is 4.39 Å². The molecule has 1 aliphatic heterocycles. The summed E-state index contributed by atoms with van der Waals surface area (Å²) in [6, 6.07) is 0.500. The Morgan fingerprint density at radius 1 is 1.67 bits per heavy atom. The van der Waals surface area contributed by atoms with Crippen molar-refractivity contribution in [3.8, 4) is 0 Å². The van der Waals surface area contributed by atoms with Gasteiger partial charge in [-0.1, -0.05) is 6.92 Å². The second kappa shape index (κ2) is 2.65. The molecule has 0 N–H and O–H groups in total. The summed E-state index contributed by atoms with van der Waals surface area (Å²) < 4.78 is 12.6. The molecule has 9 heavy (non-hydrogen) atoms. The molecule has 0 unspecified atom stereocenters. The second-order valence-electron chi connectivity index (χ2n) is 2.83. The van der Waals surface area contributed by atoms with Gasteiger partial charge in [0.25, 0.3) is 0 Å². The van der Waals surface area contributed by atoms with Crippen LogP contribution in [-0.2, 0) is 0 Å². The first-order valence-electron chi connectivity index (χ1n) is 3.58. The number of alkyl halides is 1. The van der Waals surface area contributed by atoms with E-state index < -0.39 is 6.17 Å². The summed E-state index contributed by atoms with van der Waals surface area (Å²) in [7, 11) is 1.99. The third-order valence-corrected chi connectivity index (χ3v) is 2.11. The minimum absolute atomic E-state index is 0.500. The summed E-state index contributed by atoms with van der Waals surface area (Å²) in [5.41, 5.74) is 0. The molecule has 54 valence electrons. The van der Waals surface area contributed by atoms with Crippen molar-refractivity contribution in [2.45, 2.75) is 32.0 Å². The van der Waals surface area contributed by atoms with Crippen LogP contribution in [-0.4, -0.2) is 30.7 Å².